The third-order valence-corrected chi connectivity index (χ3v) is 2.81. The number of rotatable bonds is 5. The fourth-order valence-electron chi connectivity index (χ4n) is 1.69. The lowest BCUT2D eigenvalue weighted by molar-refractivity contribution is -0.153. The summed E-state index contributed by atoms with van der Waals surface area (Å²) in [7, 11) is 0. The van der Waals surface area contributed by atoms with Gasteiger partial charge in [-0.3, -0.25) is 4.79 Å². The van der Waals surface area contributed by atoms with Gasteiger partial charge in [-0.15, -0.1) is 6.58 Å². The molecule has 17 heavy (non-hydrogen) atoms. The zero-order valence-corrected chi connectivity index (χ0v) is 10.7. The first kappa shape index (κ1) is 13.5. The van der Waals surface area contributed by atoms with Gasteiger partial charge in [0.25, 0.3) is 0 Å². The van der Waals surface area contributed by atoms with Crippen LogP contribution in [0.25, 0.3) is 0 Å². The average molecular weight is 232 g/mol. The van der Waals surface area contributed by atoms with Crippen LogP contribution in [0.4, 0.5) is 0 Å². The van der Waals surface area contributed by atoms with Gasteiger partial charge in [0.1, 0.15) is 6.10 Å². The van der Waals surface area contributed by atoms with Crippen molar-refractivity contribution in [3.05, 3.63) is 48.6 Å². The van der Waals surface area contributed by atoms with Crippen LogP contribution in [0.5, 0.6) is 0 Å². The molecule has 1 rings (SSSR count). The molecule has 1 aromatic rings. The number of benzene rings is 1. The zero-order valence-electron chi connectivity index (χ0n) is 10.7. The van der Waals surface area contributed by atoms with Gasteiger partial charge in [0.15, 0.2) is 0 Å². The van der Waals surface area contributed by atoms with E-state index >= 15 is 0 Å². The molecule has 0 spiro atoms. The van der Waals surface area contributed by atoms with Crippen LogP contribution in [0.3, 0.4) is 0 Å². The summed E-state index contributed by atoms with van der Waals surface area (Å²) >= 11 is 0. The largest absolute Gasteiger partial charge is 0.457 e. The molecule has 92 valence electrons. The van der Waals surface area contributed by atoms with Gasteiger partial charge in [-0.1, -0.05) is 50.3 Å². The maximum absolute atomic E-state index is 11.9. The Labute approximate surface area is 103 Å². The van der Waals surface area contributed by atoms with Crippen molar-refractivity contribution in [1.29, 1.82) is 0 Å². The first-order chi connectivity index (χ1) is 8.06. The first-order valence-electron chi connectivity index (χ1n) is 5.94. The van der Waals surface area contributed by atoms with Crippen molar-refractivity contribution in [2.24, 2.45) is 11.8 Å². The Kier molecular flexibility index (Phi) is 4.95. The monoisotopic (exact) mass is 232 g/mol. The SMILES string of the molecule is C=CC(C(=O)OC(C)c1ccccc1)C(C)C. The summed E-state index contributed by atoms with van der Waals surface area (Å²) in [5.41, 5.74) is 1.01. The molecule has 2 unspecified atom stereocenters. The summed E-state index contributed by atoms with van der Waals surface area (Å²) < 4.78 is 5.44. The summed E-state index contributed by atoms with van der Waals surface area (Å²) in [5.74, 6) is -0.226. The molecular weight excluding hydrogens is 212 g/mol. The Morgan fingerprint density at radius 2 is 1.82 bits per heavy atom. The Morgan fingerprint density at radius 3 is 2.29 bits per heavy atom. The van der Waals surface area contributed by atoms with Crippen LogP contribution in [0.15, 0.2) is 43.0 Å². The lowest BCUT2D eigenvalue weighted by atomic mass is 9.96. The summed E-state index contributed by atoms with van der Waals surface area (Å²) in [4.78, 5) is 11.9. The van der Waals surface area contributed by atoms with Crippen molar-refractivity contribution in [3.63, 3.8) is 0 Å². The lowest BCUT2D eigenvalue weighted by Crippen LogP contribution is -2.22. The smallest absolute Gasteiger partial charge is 0.313 e. The molecule has 0 aromatic heterocycles. The number of carbonyl (C=O) groups is 1. The molecule has 0 amide bonds. The molecule has 0 saturated heterocycles. The van der Waals surface area contributed by atoms with Gasteiger partial charge in [0.05, 0.1) is 5.92 Å². The minimum absolute atomic E-state index is 0.202. The molecular formula is C15H20O2. The van der Waals surface area contributed by atoms with E-state index in [0.29, 0.717) is 0 Å². The molecule has 2 heteroatoms. The normalized spacial score (nSPS) is 14.1. The van der Waals surface area contributed by atoms with Crippen LogP contribution < -0.4 is 0 Å². The third-order valence-electron chi connectivity index (χ3n) is 2.81. The van der Waals surface area contributed by atoms with Crippen molar-refractivity contribution >= 4 is 5.97 Å². The summed E-state index contributed by atoms with van der Waals surface area (Å²) in [5, 5.41) is 0. The van der Waals surface area contributed by atoms with E-state index in [-0.39, 0.29) is 23.9 Å². The number of ether oxygens (including phenoxy) is 1. The standard InChI is InChI=1S/C15H20O2/c1-5-14(11(2)3)15(16)17-12(4)13-9-7-6-8-10-13/h5-12,14H,1H2,2-4H3. The molecule has 0 aliphatic carbocycles. The number of hydrogen-bond acceptors (Lipinski definition) is 2. The van der Waals surface area contributed by atoms with E-state index in [4.69, 9.17) is 4.74 Å². The maximum Gasteiger partial charge on any atom is 0.313 e. The second kappa shape index (κ2) is 6.24. The lowest BCUT2D eigenvalue weighted by Gasteiger charge is -2.19. The Balaban J connectivity index is 2.66. The van der Waals surface area contributed by atoms with E-state index in [1.807, 2.05) is 51.1 Å². The maximum atomic E-state index is 11.9. The van der Waals surface area contributed by atoms with E-state index in [0.717, 1.165) is 5.56 Å². The fraction of sp³-hybridized carbons (Fsp3) is 0.400. The fourth-order valence-corrected chi connectivity index (χ4v) is 1.69. The van der Waals surface area contributed by atoms with Gasteiger partial charge in [0.2, 0.25) is 0 Å². The summed E-state index contributed by atoms with van der Waals surface area (Å²) in [6.45, 7) is 9.54. The molecule has 0 saturated carbocycles. The highest BCUT2D eigenvalue weighted by molar-refractivity contribution is 5.74. The van der Waals surface area contributed by atoms with Gasteiger partial charge in [0, 0.05) is 0 Å². The molecule has 0 aliphatic heterocycles. The van der Waals surface area contributed by atoms with Crippen molar-refractivity contribution < 1.29 is 9.53 Å². The highest BCUT2D eigenvalue weighted by atomic mass is 16.5. The second-order valence-electron chi connectivity index (χ2n) is 4.50. The summed E-state index contributed by atoms with van der Waals surface area (Å²) in [6, 6.07) is 9.73. The topological polar surface area (TPSA) is 26.3 Å². The van der Waals surface area contributed by atoms with Crippen molar-refractivity contribution in [3.8, 4) is 0 Å². The zero-order chi connectivity index (χ0) is 12.8. The number of esters is 1. The highest BCUT2D eigenvalue weighted by Gasteiger charge is 2.22. The van der Waals surface area contributed by atoms with Crippen LogP contribution in [-0.4, -0.2) is 5.97 Å². The minimum Gasteiger partial charge on any atom is -0.457 e. The molecule has 2 atom stereocenters. The summed E-state index contributed by atoms with van der Waals surface area (Å²) in [6.07, 6.45) is 1.44. The van der Waals surface area contributed by atoms with Gasteiger partial charge in [-0.05, 0) is 18.4 Å². The first-order valence-corrected chi connectivity index (χ1v) is 5.94. The van der Waals surface area contributed by atoms with E-state index in [1.165, 1.54) is 0 Å². The quantitative estimate of drug-likeness (QED) is 0.571. The molecule has 0 fully saturated rings. The Morgan fingerprint density at radius 1 is 1.24 bits per heavy atom. The van der Waals surface area contributed by atoms with Crippen molar-refractivity contribution in [1.82, 2.24) is 0 Å². The van der Waals surface area contributed by atoms with E-state index in [9.17, 15) is 4.79 Å². The molecule has 1 aromatic carbocycles. The van der Waals surface area contributed by atoms with Crippen molar-refractivity contribution in [2.45, 2.75) is 26.9 Å². The van der Waals surface area contributed by atoms with Gasteiger partial charge in [-0.2, -0.15) is 0 Å². The molecule has 0 aliphatic rings. The van der Waals surface area contributed by atoms with E-state index in [2.05, 4.69) is 6.58 Å². The Hall–Kier alpha value is -1.57. The molecule has 0 radical (unpaired) electrons. The predicted molar refractivity (Wildman–Crippen MR) is 69.5 cm³/mol. The van der Waals surface area contributed by atoms with E-state index in [1.54, 1.807) is 6.08 Å². The predicted octanol–water partition coefficient (Wildman–Crippen LogP) is 3.75. The van der Waals surface area contributed by atoms with E-state index < -0.39 is 0 Å². The molecule has 0 N–H and O–H groups in total. The highest BCUT2D eigenvalue weighted by Crippen LogP contribution is 2.21. The van der Waals surface area contributed by atoms with Crippen molar-refractivity contribution in [2.75, 3.05) is 0 Å². The molecule has 0 heterocycles. The van der Waals surface area contributed by atoms with Crippen LogP contribution in [0.2, 0.25) is 0 Å². The third kappa shape index (κ3) is 3.74. The van der Waals surface area contributed by atoms with Crippen LogP contribution in [0.1, 0.15) is 32.4 Å². The number of hydrogen-bond donors (Lipinski definition) is 0. The van der Waals surface area contributed by atoms with Crippen LogP contribution in [0, 0.1) is 11.8 Å². The van der Waals surface area contributed by atoms with Gasteiger partial charge < -0.3 is 4.74 Å². The minimum atomic E-state index is -0.235. The van der Waals surface area contributed by atoms with Gasteiger partial charge in [-0.25, -0.2) is 0 Å². The van der Waals surface area contributed by atoms with Crippen LogP contribution in [-0.2, 0) is 9.53 Å². The number of carbonyl (C=O) groups excluding carboxylic acids is 1. The Bertz CT molecular complexity index is 368. The average Bonchev–Trinajstić information content (AvgIpc) is 2.30. The second-order valence-corrected chi connectivity index (χ2v) is 4.50. The van der Waals surface area contributed by atoms with Gasteiger partial charge >= 0.3 is 5.97 Å². The molecule has 0 bridgehead atoms. The van der Waals surface area contributed by atoms with Crippen LogP contribution >= 0.6 is 0 Å². The molecule has 2 nitrogen and oxygen atoms in total.